The van der Waals surface area contributed by atoms with Crippen molar-refractivity contribution >= 4 is 17.5 Å². The van der Waals surface area contributed by atoms with Gasteiger partial charge >= 0.3 is 0 Å². The average Bonchev–Trinajstić information content (AvgIpc) is 2.52. The van der Waals surface area contributed by atoms with Crippen LogP contribution in [0.4, 0.5) is 5.69 Å². The summed E-state index contributed by atoms with van der Waals surface area (Å²) in [5.74, 6) is 0.965. The summed E-state index contributed by atoms with van der Waals surface area (Å²) < 4.78 is 5.13. The Bertz CT molecular complexity index is 518. The molecule has 23 heavy (non-hydrogen) atoms. The van der Waals surface area contributed by atoms with Crippen LogP contribution < -0.4 is 20.3 Å². The van der Waals surface area contributed by atoms with Gasteiger partial charge < -0.3 is 20.3 Å². The SMILES string of the molecule is CC[NH+](CC(=O)NCC(C)C)CC(=O)Nc1cccc(OC)c1. The number of quaternary nitrogens is 1. The zero-order chi connectivity index (χ0) is 17.2. The molecule has 1 aromatic rings. The van der Waals surface area contributed by atoms with Crippen LogP contribution in [-0.2, 0) is 9.59 Å². The minimum absolute atomic E-state index is 0.0234. The number of amides is 2. The van der Waals surface area contributed by atoms with Crippen LogP contribution in [0.25, 0.3) is 0 Å². The predicted octanol–water partition coefficient (Wildman–Crippen LogP) is 0.311. The van der Waals surface area contributed by atoms with Crippen molar-refractivity contribution < 1.29 is 19.2 Å². The summed E-state index contributed by atoms with van der Waals surface area (Å²) in [6.45, 7) is 7.98. The molecule has 2 amide bonds. The molecule has 6 nitrogen and oxygen atoms in total. The van der Waals surface area contributed by atoms with Gasteiger partial charge in [0, 0.05) is 18.3 Å². The highest BCUT2D eigenvalue weighted by Gasteiger charge is 2.16. The summed E-state index contributed by atoms with van der Waals surface area (Å²) in [4.78, 5) is 24.9. The minimum Gasteiger partial charge on any atom is -0.497 e. The molecule has 1 rings (SSSR count). The summed E-state index contributed by atoms with van der Waals surface area (Å²) in [5, 5.41) is 5.71. The number of benzene rings is 1. The Morgan fingerprint density at radius 1 is 1.22 bits per heavy atom. The van der Waals surface area contributed by atoms with Crippen molar-refractivity contribution in [3.8, 4) is 5.75 Å². The molecular formula is C17H28N3O3+. The Morgan fingerprint density at radius 2 is 1.91 bits per heavy atom. The highest BCUT2D eigenvalue weighted by molar-refractivity contribution is 5.91. The number of hydrogen-bond donors (Lipinski definition) is 3. The second kappa shape index (κ2) is 9.84. The number of likely N-dealkylation sites (N-methyl/N-ethyl adjacent to an activating group) is 1. The third-order valence-electron chi connectivity index (χ3n) is 3.38. The lowest BCUT2D eigenvalue weighted by Gasteiger charge is -2.17. The molecule has 128 valence electrons. The van der Waals surface area contributed by atoms with Crippen LogP contribution in [0.1, 0.15) is 20.8 Å². The first-order chi connectivity index (χ1) is 10.9. The van der Waals surface area contributed by atoms with E-state index in [1.165, 1.54) is 0 Å². The Balaban J connectivity index is 2.47. The zero-order valence-electron chi connectivity index (χ0n) is 14.4. The smallest absolute Gasteiger partial charge is 0.279 e. The van der Waals surface area contributed by atoms with Crippen LogP contribution in [0, 0.1) is 5.92 Å². The largest absolute Gasteiger partial charge is 0.497 e. The Morgan fingerprint density at radius 3 is 2.52 bits per heavy atom. The minimum atomic E-state index is -0.119. The third kappa shape index (κ3) is 7.65. The van der Waals surface area contributed by atoms with Crippen LogP contribution >= 0.6 is 0 Å². The Labute approximate surface area is 138 Å². The normalized spacial score (nSPS) is 11.9. The van der Waals surface area contributed by atoms with Crippen molar-refractivity contribution in [2.45, 2.75) is 20.8 Å². The van der Waals surface area contributed by atoms with Gasteiger partial charge in [0.2, 0.25) is 0 Å². The second-order valence-corrected chi connectivity index (χ2v) is 5.94. The fourth-order valence-electron chi connectivity index (χ4n) is 2.05. The molecule has 0 saturated carbocycles. The summed E-state index contributed by atoms with van der Waals surface area (Å²) in [6.07, 6.45) is 0. The quantitative estimate of drug-likeness (QED) is 0.613. The van der Waals surface area contributed by atoms with Gasteiger partial charge in [-0.15, -0.1) is 0 Å². The highest BCUT2D eigenvalue weighted by atomic mass is 16.5. The van der Waals surface area contributed by atoms with Gasteiger partial charge in [0.25, 0.3) is 11.8 Å². The molecule has 0 aliphatic rings. The van der Waals surface area contributed by atoms with Gasteiger partial charge in [-0.25, -0.2) is 0 Å². The number of carbonyl (C=O) groups excluding carboxylic acids is 2. The maximum absolute atomic E-state index is 12.1. The fourth-order valence-corrected chi connectivity index (χ4v) is 2.05. The molecule has 1 atom stereocenters. The van der Waals surface area contributed by atoms with Crippen molar-refractivity contribution in [2.75, 3.05) is 38.6 Å². The van der Waals surface area contributed by atoms with Crippen LogP contribution in [0.5, 0.6) is 5.75 Å². The van der Waals surface area contributed by atoms with Gasteiger partial charge in [0.05, 0.1) is 13.7 Å². The zero-order valence-corrected chi connectivity index (χ0v) is 14.4. The van der Waals surface area contributed by atoms with Crippen molar-refractivity contribution in [1.29, 1.82) is 0 Å². The lowest BCUT2D eigenvalue weighted by atomic mass is 10.2. The topological polar surface area (TPSA) is 71.9 Å². The second-order valence-electron chi connectivity index (χ2n) is 5.94. The standard InChI is InChI=1S/C17H27N3O3/c1-5-20(11-16(21)18-10-13(2)3)12-17(22)19-14-7-6-8-15(9-14)23-4/h6-9,13H,5,10-12H2,1-4H3,(H,18,21)(H,19,22)/p+1. The maximum Gasteiger partial charge on any atom is 0.279 e. The predicted molar refractivity (Wildman–Crippen MR) is 90.7 cm³/mol. The van der Waals surface area contributed by atoms with E-state index in [1.807, 2.05) is 32.9 Å². The first kappa shape index (κ1) is 19.0. The highest BCUT2D eigenvalue weighted by Crippen LogP contribution is 2.16. The monoisotopic (exact) mass is 322 g/mol. The Hall–Kier alpha value is -2.08. The lowest BCUT2D eigenvalue weighted by molar-refractivity contribution is -0.881. The first-order valence-electron chi connectivity index (χ1n) is 7.98. The maximum atomic E-state index is 12.1. The average molecular weight is 322 g/mol. The van der Waals surface area contributed by atoms with Crippen molar-refractivity contribution in [2.24, 2.45) is 5.92 Å². The number of ether oxygens (including phenoxy) is 1. The van der Waals surface area contributed by atoms with Crippen LogP contribution in [0.15, 0.2) is 24.3 Å². The van der Waals surface area contributed by atoms with E-state index in [9.17, 15) is 9.59 Å². The van der Waals surface area contributed by atoms with E-state index in [4.69, 9.17) is 4.74 Å². The van der Waals surface area contributed by atoms with Gasteiger partial charge in [-0.05, 0) is 25.0 Å². The van der Waals surface area contributed by atoms with E-state index in [0.29, 0.717) is 37.0 Å². The lowest BCUT2D eigenvalue weighted by Crippen LogP contribution is -3.14. The number of rotatable bonds is 9. The molecule has 0 bridgehead atoms. The fraction of sp³-hybridized carbons (Fsp3) is 0.529. The summed E-state index contributed by atoms with van der Waals surface area (Å²) in [7, 11) is 1.58. The molecule has 3 N–H and O–H groups in total. The number of anilines is 1. The number of nitrogens with one attached hydrogen (secondary N) is 3. The van der Waals surface area contributed by atoms with E-state index in [1.54, 1.807) is 19.2 Å². The first-order valence-corrected chi connectivity index (χ1v) is 7.98. The molecule has 0 aliphatic heterocycles. The van der Waals surface area contributed by atoms with E-state index in [0.717, 1.165) is 4.90 Å². The van der Waals surface area contributed by atoms with Crippen LogP contribution in [0.3, 0.4) is 0 Å². The summed E-state index contributed by atoms with van der Waals surface area (Å²) >= 11 is 0. The molecule has 6 heteroatoms. The molecule has 1 unspecified atom stereocenters. The molecule has 0 saturated heterocycles. The molecule has 0 spiro atoms. The number of hydrogen-bond acceptors (Lipinski definition) is 3. The van der Waals surface area contributed by atoms with E-state index in [2.05, 4.69) is 10.6 Å². The van der Waals surface area contributed by atoms with Gasteiger partial charge in [-0.2, -0.15) is 0 Å². The van der Waals surface area contributed by atoms with E-state index < -0.39 is 0 Å². The van der Waals surface area contributed by atoms with Crippen LogP contribution in [0.2, 0.25) is 0 Å². The van der Waals surface area contributed by atoms with E-state index in [-0.39, 0.29) is 18.4 Å². The summed E-state index contributed by atoms with van der Waals surface area (Å²) in [6, 6.07) is 7.21. The summed E-state index contributed by atoms with van der Waals surface area (Å²) in [5.41, 5.74) is 0.689. The van der Waals surface area contributed by atoms with Crippen LogP contribution in [-0.4, -0.2) is 45.1 Å². The van der Waals surface area contributed by atoms with Crippen molar-refractivity contribution in [3.63, 3.8) is 0 Å². The van der Waals surface area contributed by atoms with Gasteiger partial charge in [-0.3, -0.25) is 9.59 Å². The molecule has 0 aliphatic carbocycles. The van der Waals surface area contributed by atoms with Gasteiger partial charge in [-0.1, -0.05) is 19.9 Å². The molecular weight excluding hydrogens is 294 g/mol. The Kier molecular flexibility index (Phi) is 8.11. The molecule has 1 aromatic carbocycles. The molecule has 0 fully saturated rings. The van der Waals surface area contributed by atoms with Crippen molar-refractivity contribution in [1.82, 2.24) is 5.32 Å². The van der Waals surface area contributed by atoms with Gasteiger partial charge in [0.1, 0.15) is 5.75 Å². The molecule has 0 heterocycles. The molecule has 0 radical (unpaired) electrons. The number of methoxy groups -OCH3 is 1. The number of carbonyl (C=O) groups is 2. The van der Waals surface area contributed by atoms with E-state index >= 15 is 0 Å². The van der Waals surface area contributed by atoms with Gasteiger partial charge in [0.15, 0.2) is 13.1 Å². The van der Waals surface area contributed by atoms with Crippen molar-refractivity contribution in [3.05, 3.63) is 24.3 Å². The third-order valence-corrected chi connectivity index (χ3v) is 3.38. The molecule has 0 aromatic heterocycles.